The number of nitrogens with zero attached hydrogens (tertiary/aromatic N) is 1. The Balaban J connectivity index is 1.89. The van der Waals surface area contributed by atoms with E-state index in [1.807, 2.05) is 0 Å². The quantitative estimate of drug-likeness (QED) is 0.370. The van der Waals surface area contributed by atoms with Gasteiger partial charge in [-0.25, -0.2) is 0 Å². The second kappa shape index (κ2) is 5.18. The average Bonchev–Trinajstić information content (AvgIpc) is 2.99. The SMILES string of the molecule is Cc1ccccc1-c1cc2c(c[n+]1C)oc1c3ccccc3ccc21. The maximum Gasteiger partial charge on any atom is 0.213 e. The highest BCUT2D eigenvalue weighted by Gasteiger charge is 2.18. The summed E-state index contributed by atoms with van der Waals surface area (Å²) >= 11 is 0. The van der Waals surface area contributed by atoms with E-state index in [2.05, 4.69) is 91.5 Å². The standard InChI is InChI=1S/C23H18NO/c1-15-7-3-5-9-17(15)21-13-20-19-12-11-16-8-4-6-10-18(16)23(19)25-22(20)14-24(21)2/h3-14H,1-2H3/q+1. The van der Waals surface area contributed by atoms with Crippen molar-refractivity contribution >= 4 is 32.7 Å². The maximum absolute atomic E-state index is 6.25. The molecule has 25 heavy (non-hydrogen) atoms. The van der Waals surface area contributed by atoms with Gasteiger partial charge in [-0.3, -0.25) is 0 Å². The molecule has 2 heteroatoms. The van der Waals surface area contributed by atoms with E-state index in [4.69, 9.17) is 4.42 Å². The zero-order chi connectivity index (χ0) is 17.0. The highest BCUT2D eigenvalue weighted by molar-refractivity contribution is 6.15. The first-order valence-electron chi connectivity index (χ1n) is 8.52. The third-order valence-corrected chi connectivity index (χ3v) is 5.04. The fourth-order valence-corrected chi connectivity index (χ4v) is 3.72. The highest BCUT2D eigenvalue weighted by Crippen LogP contribution is 2.35. The fourth-order valence-electron chi connectivity index (χ4n) is 3.72. The first-order chi connectivity index (χ1) is 12.2. The van der Waals surface area contributed by atoms with Crippen LogP contribution in [0.5, 0.6) is 0 Å². The molecule has 0 atom stereocenters. The Morgan fingerprint density at radius 2 is 1.60 bits per heavy atom. The molecule has 2 aromatic heterocycles. The lowest BCUT2D eigenvalue weighted by Gasteiger charge is -2.03. The minimum atomic E-state index is 0.922. The van der Waals surface area contributed by atoms with Crippen molar-refractivity contribution in [1.29, 1.82) is 0 Å². The molecular formula is C23H18NO+. The summed E-state index contributed by atoms with van der Waals surface area (Å²) in [6, 6.07) is 23.5. The van der Waals surface area contributed by atoms with Crippen LogP contribution >= 0.6 is 0 Å². The molecule has 0 saturated carbocycles. The van der Waals surface area contributed by atoms with Crippen molar-refractivity contribution < 1.29 is 8.98 Å². The van der Waals surface area contributed by atoms with Crippen LogP contribution in [0, 0.1) is 6.92 Å². The minimum absolute atomic E-state index is 0.922. The molecule has 0 bridgehead atoms. The smallest absolute Gasteiger partial charge is 0.213 e. The third-order valence-electron chi connectivity index (χ3n) is 5.04. The van der Waals surface area contributed by atoms with Gasteiger partial charge in [0, 0.05) is 27.8 Å². The van der Waals surface area contributed by atoms with Gasteiger partial charge in [0.05, 0.1) is 0 Å². The van der Waals surface area contributed by atoms with Gasteiger partial charge >= 0.3 is 0 Å². The normalized spacial score (nSPS) is 11.6. The van der Waals surface area contributed by atoms with Gasteiger partial charge in [0.25, 0.3) is 0 Å². The number of hydrogen-bond donors (Lipinski definition) is 0. The van der Waals surface area contributed by atoms with Gasteiger partial charge in [0.1, 0.15) is 12.6 Å². The van der Waals surface area contributed by atoms with Crippen molar-refractivity contribution in [1.82, 2.24) is 0 Å². The van der Waals surface area contributed by atoms with E-state index in [0.29, 0.717) is 0 Å². The van der Waals surface area contributed by atoms with E-state index in [1.165, 1.54) is 27.6 Å². The van der Waals surface area contributed by atoms with E-state index in [1.54, 1.807) is 0 Å². The minimum Gasteiger partial charge on any atom is -0.449 e. The first-order valence-corrected chi connectivity index (χ1v) is 8.52. The number of hydrogen-bond acceptors (Lipinski definition) is 1. The third kappa shape index (κ3) is 2.07. The van der Waals surface area contributed by atoms with Crippen LogP contribution in [0.4, 0.5) is 0 Å². The molecule has 0 unspecified atom stereocenters. The summed E-state index contributed by atoms with van der Waals surface area (Å²) in [7, 11) is 2.08. The molecule has 0 radical (unpaired) electrons. The van der Waals surface area contributed by atoms with Gasteiger partial charge in [-0.05, 0) is 30.0 Å². The van der Waals surface area contributed by atoms with Gasteiger partial charge in [-0.2, -0.15) is 4.57 Å². The summed E-state index contributed by atoms with van der Waals surface area (Å²) < 4.78 is 8.39. The van der Waals surface area contributed by atoms with Gasteiger partial charge in [0.2, 0.25) is 11.9 Å². The van der Waals surface area contributed by atoms with Crippen LogP contribution in [-0.2, 0) is 7.05 Å². The van der Waals surface area contributed by atoms with Gasteiger partial charge in [-0.15, -0.1) is 0 Å². The molecule has 0 aliphatic heterocycles. The number of rotatable bonds is 1. The molecule has 0 aliphatic carbocycles. The van der Waals surface area contributed by atoms with Crippen LogP contribution in [0.1, 0.15) is 5.56 Å². The predicted octanol–water partition coefficient (Wildman–Crippen LogP) is 5.54. The first kappa shape index (κ1) is 14.2. The Hall–Kier alpha value is -3.13. The van der Waals surface area contributed by atoms with E-state index in [0.717, 1.165) is 21.9 Å². The second-order valence-electron chi connectivity index (χ2n) is 6.63. The van der Waals surface area contributed by atoms with E-state index < -0.39 is 0 Å². The van der Waals surface area contributed by atoms with Crippen LogP contribution < -0.4 is 4.57 Å². The van der Waals surface area contributed by atoms with Crippen molar-refractivity contribution in [2.45, 2.75) is 6.92 Å². The van der Waals surface area contributed by atoms with Gasteiger partial charge in [0.15, 0.2) is 5.58 Å². The van der Waals surface area contributed by atoms with Crippen LogP contribution in [0.2, 0.25) is 0 Å². The lowest BCUT2D eigenvalue weighted by Crippen LogP contribution is -2.30. The fraction of sp³-hybridized carbons (Fsp3) is 0.0870. The Labute approximate surface area is 145 Å². The summed E-state index contributed by atoms with van der Waals surface area (Å²) in [6.45, 7) is 2.15. The van der Waals surface area contributed by atoms with Crippen molar-refractivity contribution in [2.24, 2.45) is 7.05 Å². The summed E-state index contributed by atoms with van der Waals surface area (Å²) in [5.41, 5.74) is 5.61. The average molecular weight is 324 g/mol. The Morgan fingerprint density at radius 3 is 2.48 bits per heavy atom. The number of fused-ring (bicyclic) bond motifs is 5. The molecule has 5 aromatic rings. The van der Waals surface area contributed by atoms with E-state index in [-0.39, 0.29) is 0 Å². The second-order valence-corrected chi connectivity index (χ2v) is 6.63. The summed E-state index contributed by atoms with van der Waals surface area (Å²) in [5, 5.41) is 4.70. The number of furan rings is 1. The van der Waals surface area contributed by atoms with Crippen LogP contribution in [-0.4, -0.2) is 0 Å². The van der Waals surface area contributed by atoms with Crippen LogP contribution in [0.15, 0.2) is 77.3 Å². The van der Waals surface area contributed by atoms with Crippen LogP contribution in [0.3, 0.4) is 0 Å². The molecule has 0 fully saturated rings. The van der Waals surface area contributed by atoms with E-state index in [9.17, 15) is 0 Å². The Morgan fingerprint density at radius 1 is 0.800 bits per heavy atom. The zero-order valence-electron chi connectivity index (χ0n) is 14.3. The molecule has 2 nitrogen and oxygen atoms in total. The highest BCUT2D eigenvalue weighted by atomic mass is 16.3. The molecule has 120 valence electrons. The number of pyridine rings is 1. The molecule has 0 saturated heterocycles. The lowest BCUT2D eigenvalue weighted by molar-refractivity contribution is -0.659. The van der Waals surface area contributed by atoms with Crippen molar-refractivity contribution in [2.75, 3.05) is 0 Å². The molecule has 0 aliphatic rings. The topological polar surface area (TPSA) is 17.0 Å². The molecule has 5 rings (SSSR count). The zero-order valence-corrected chi connectivity index (χ0v) is 14.3. The number of benzene rings is 3. The molecule has 3 aromatic carbocycles. The van der Waals surface area contributed by atoms with Crippen molar-refractivity contribution in [3.63, 3.8) is 0 Å². The Bertz CT molecular complexity index is 1260. The molecule has 0 N–H and O–H groups in total. The van der Waals surface area contributed by atoms with Crippen molar-refractivity contribution in [3.05, 3.63) is 78.5 Å². The van der Waals surface area contributed by atoms with Gasteiger partial charge < -0.3 is 4.42 Å². The summed E-state index contributed by atoms with van der Waals surface area (Å²) in [4.78, 5) is 0. The maximum atomic E-state index is 6.25. The monoisotopic (exact) mass is 324 g/mol. The molecular weight excluding hydrogens is 306 g/mol. The van der Waals surface area contributed by atoms with E-state index >= 15 is 0 Å². The summed E-state index contributed by atoms with van der Waals surface area (Å²) in [5.74, 6) is 0. The van der Waals surface area contributed by atoms with Crippen LogP contribution in [0.25, 0.3) is 44.0 Å². The number of aromatic nitrogens is 1. The lowest BCUT2D eigenvalue weighted by atomic mass is 10.0. The Kier molecular flexibility index (Phi) is 2.95. The van der Waals surface area contributed by atoms with Crippen molar-refractivity contribution in [3.8, 4) is 11.3 Å². The largest absolute Gasteiger partial charge is 0.449 e. The molecule has 0 spiro atoms. The predicted molar refractivity (Wildman–Crippen MR) is 103 cm³/mol. The number of aryl methyl sites for hydroxylation is 2. The molecule has 0 amide bonds. The molecule has 2 heterocycles. The van der Waals surface area contributed by atoms with Gasteiger partial charge in [-0.1, -0.05) is 48.5 Å². The summed E-state index contributed by atoms with van der Waals surface area (Å²) in [6.07, 6.45) is 2.09.